The van der Waals surface area contributed by atoms with Crippen LogP contribution >= 0.6 is 0 Å². The van der Waals surface area contributed by atoms with E-state index in [0.29, 0.717) is 42.8 Å². The molecule has 3 aromatic heterocycles. The maximum Gasteiger partial charge on any atom is 0.264 e. The molecule has 176 valence electrons. The molecular formula is C26H25N7O2. The average Bonchev–Trinajstić information content (AvgIpc) is 3.52. The van der Waals surface area contributed by atoms with Gasteiger partial charge in [0.1, 0.15) is 11.7 Å². The molecule has 5 rings (SSSR count). The Kier molecular flexibility index (Phi) is 6.21. The highest BCUT2D eigenvalue weighted by atomic mass is 16.1. The third-order valence-corrected chi connectivity index (χ3v) is 5.81. The number of imidazole rings is 1. The molecule has 0 bridgehead atoms. The highest BCUT2D eigenvalue weighted by Gasteiger charge is 2.11. The Bertz CT molecular complexity index is 1520. The fourth-order valence-corrected chi connectivity index (χ4v) is 4.01. The van der Waals surface area contributed by atoms with Crippen molar-refractivity contribution in [3.05, 3.63) is 112 Å². The largest absolute Gasteiger partial charge is 0.350 e. The standard InChI is InChI=1S/C26H25N7O2/c1-19-3-2-4-21(13-19)16-32-18-29-24-23(26(32)35)14-30-33(24)12-10-28-25(34)22-7-5-20(6-8-22)15-31-11-9-27-17-31/h2-9,11,13-14,17-18H,10,12,15-16H2,1H3,(H,28,34). The van der Waals surface area contributed by atoms with Gasteiger partial charge in [-0.1, -0.05) is 42.0 Å². The second-order valence-corrected chi connectivity index (χ2v) is 8.46. The fourth-order valence-electron chi connectivity index (χ4n) is 4.01. The first-order valence-corrected chi connectivity index (χ1v) is 11.4. The number of rotatable bonds is 8. The Labute approximate surface area is 201 Å². The lowest BCUT2D eigenvalue weighted by Crippen LogP contribution is -2.27. The van der Waals surface area contributed by atoms with E-state index < -0.39 is 0 Å². The van der Waals surface area contributed by atoms with Crippen LogP contribution in [0.5, 0.6) is 0 Å². The molecule has 9 nitrogen and oxygen atoms in total. The Morgan fingerprint density at radius 3 is 2.66 bits per heavy atom. The summed E-state index contributed by atoms with van der Waals surface area (Å²) in [6, 6.07) is 15.5. The van der Waals surface area contributed by atoms with E-state index in [4.69, 9.17) is 0 Å². The highest BCUT2D eigenvalue weighted by Crippen LogP contribution is 2.09. The molecular weight excluding hydrogens is 442 g/mol. The van der Waals surface area contributed by atoms with E-state index in [9.17, 15) is 9.59 Å². The van der Waals surface area contributed by atoms with E-state index in [1.165, 1.54) is 6.20 Å². The minimum atomic E-state index is -0.163. The van der Waals surface area contributed by atoms with Gasteiger partial charge in [-0.05, 0) is 30.2 Å². The van der Waals surface area contributed by atoms with E-state index in [1.54, 1.807) is 28.1 Å². The maximum absolute atomic E-state index is 12.9. The number of aromatic nitrogens is 6. The van der Waals surface area contributed by atoms with Crippen LogP contribution in [0.15, 0.2) is 84.6 Å². The zero-order chi connectivity index (χ0) is 24.2. The van der Waals surface area contributed by atoms with Crippen LogP contribution < -0.4 is 10.9 Å². The number of hydrogen-bond donors (Lipinski definition) is 1. The first kappa shape index (κ1) is 22.3. The smallest absolute Gasteiger partial charge is 0.264 e. The van der Waals surface area contributed by atoms with Crippen molar-refractivity contribution in [1.29, 1.82) is 0 Å². The molecule has 35 heavy (non-hydrogen) atoms. The lowest BCUT2D eigenvalue weighted by Gasteiger charge is -2.08. The van der Waals surface area contributed by atoms with E-state index in [-0.39, 0.29) is 11.5 Å². The number of hydrogen-bond acceptors (Lipinski definition) is 5. The van der Waals surface area contributed by atoms with Gasteiger partial charge < -0.3 is 9.88 Å². The van der Waals surface area contributed by atoms with Crippen molar-refractivity contribution in [3.63, 3.8) is 0 Å². The Morgan fingerprint density at radius 1 is 1.03 bits per heavy atom. The molecule has 0 aliphatic carbocycles. The van der Waals surface area contributed by atoms with Crippen LogP contribution in [0, 0.1) is 6.92 Å². The predicted octanol–water partition coefficient (Wildman–Crippen LogP) is 2.62. The van der Waals surface area contributed by atoms with Crippen LogP contribution in [0.2, 0.25) is 0 Å². The quantitative estimate of drug-likeness (QED) is 0.378. The summed E-state index contributed by atoms with van der Waals surface area (Å²) in [6.07, 6.45) is 8.48. The van der Waals surface area contributed by atoms with Crippen molar-refractivity contribution < 1.29 is 4.79 Å². The van der Waals surface area contributed by atoms with Crippen LogP contribution in [0.25, 0.3) is 11.0 Å². The van der Waals surface area contributed by atoms with E-state index >= 15 is 0 Å². The van der Waals surface area contributed by atoms with E-state index in [2.05, 4.69) is 26.4 Å². The average molecular weight is 468 g/mol. The maximum atomic E-state index is 12.9. The molecule has 2 aromatic carbocycles. The molecule has 0 aliphatic heterocycles. The number of fused-ring (bicyclic) bond motifs is 1. The Hall–Kier alpha value is -4.53. The van der Waals surface area contributed by atoms with Gasteiger partial charge in [0.25, 0.3) is 11.5 Å². The van der Waals surface area contributed by atoms with Gasteiger partial charge in [0, 0.05) is 31.0 Å². The van der Waals surface area contributed by atoms with E-state index in [0.717, 1.165) is 16.7 Å². The minimum absolute atomic E-state index is 0.137. The molecule has 0 saturated carbocycles. The van der Waals surface area contributed by atoms with Crippen LogP contribution in [0.3, 0.4) is 0 Å². The fraction of sp³-hybridized carbons (Fsp3) is 0.192. The summed E-state index contributed by atoms with van der Waals surface area (Å²) in [5, 5.41) is 7.68. The molecule has 0 aliphatic rings. The zero-order valence-corrected chi connectivity index (χ0v) is 19.3. The Morgan fingerprint density at radius 2 is 1.89 bits per heavy atom. The lowest BCUT2D eigenvalue weighted by atomic mass is 10.1. The van der Waals surface area contributed by atoms with Crippen molar-refractivity contribution in [2.75, 3.05) is 6.54 Å². The van der Waals surface area contributed by atoms with Crippen LogP contribution in [-0.4, -0.2) is 41.3 Å². The number of aryl methyl sites for hydroxylation is 1. The molecule has 0 fully saturated rings. The molecule has 9 heteroatoms. The normalized spacial score (nSPS) is 11.1. The van der Waals surface area contributed by atoms with Crippen LogP contribution in [-0.2, 0) is 19.6 Å². The molecule has 3 heterocycles. The molecule has 5 aromatic rings. The molecule has 0 radical (unpaired) electrons. The van der Waals surface area contributed by atoms with Crippen molar-refractivity contribution in [2.24, 2.45) is 0 Å². The number of benzene rings is 2. The summed E-state index contributed by atoms with van der Waals surface area (Å²) in [7, 11) is 0. The first-order chi connectivity index (χ1) is 17.1. The third-order valence-electron chi connectivity index (χ3n) is 5.81. The number of carbonyl (C=O) groups is 1. The monoisotopic (exact) mass is 467 g/mol. The van der Waals surface area contributed by atoms with Gasteiger partial charge >= 0.3 is 0 Å². The van der Waals surface area contributed by atoms with Crippen molar-refractivity contribution in [1.82, 2.24) is 34.2 Å². The second-order valence-electron chi connectivity index (χ2n) is 8.46. The summed E-state index contributed by atoms with van der Waals surface area (Å²) in [4.78, 5) is 34.0. The minimum Gasteiger partial charge on any atom is -0.350 e. The Balaban J connectivity index is 1.20. The molecule has 0 atom stereocenters. The topological polar surface area (TPSA) is 99.6 Å². The van der Waals surface area contributed by atoms with Gasteiger partial charge in [-0.2, -0.15) is 5.10 Å². The summed E-state index contributed by atoms with van der Waals surface area (Å²) in [5.74, 6) is -0.163. The van der Waals surface area contributed by atoms with E-state index in [1.807, 2.05) is 60.2 Å². The molecule has 1 amide bonds. The molecule has 0 unspecified atom stereocenters. The molecule has 1 N–H and O–H groups in total. The molecule has 0 spiro atoms. The van der Waals surface area contributed by atoms with Crippen molar-refractivity contribution in [3.8, 4) is 0 Å². The lowest BCUT2D eigenvalue weighted by molar-refractivity contribution is 0.0952. The van der Waals surface area contributed by atoms with Gasteiger partial charge in [0.2, 0.25) is 0 Å². The van der Waals surface area contributed by atoms with Gasteiger partial charge in [-0.3, -0.25) is 14.2 Å². The summed E-state index contributed by atoms with van der Waals surface area (Å²) < 4.78 is 5.19. The summed E-state index contributed by atoms with van der Waals surface area (Å²) in [6.45, 7) is 3.94. The molecule has 0 saturated heterocycles. The number of nitrogens with one attached hydrogen (secondary N) is 1. The van der Waals surface area contributed by atoms with Gasteiger partial charge in [-0.25, -0.2) is 14.6 Å². The zero-order valence-electron chi connectivity index (χ0n) is 19.3. The SMILES string of the molecule is Cc1cccc(Cn2cnc3c(cnn3CCNC(=O)c3ccc(Cn4ccnc4)cc3)c2=O)c1. The van der Waals surface area contributed by atoms with Gasteiger partial charge in [0.15, 0.2) is 5.65 Å². The van der Waals surface area contributed by atoms with Gasteiger partial charge in [-0.15, -0.1) is 0 Å². The summed E-state index contributed by atoms with van der Waals surface area (Å²) in [5.41, 5.74) is 4.22. The second kappa shape index (κ2) is 9.76. The summed E-state index contributed by atoms with van der Waals surface area (Å²) >= 11 is 0. The van der Waals surface area contributed by atoms with Crippen LogP contribution in [0.4, 0.5) is 0 Å². The number of carbonyl (C=O) groups excluding carboxylic acids is 1. The number of nitrogens with zero attached hydrogens (tertiary/aromatic N) is 6. The first-order valence-electron chi connectivity index (χ1n) is 11.4. The van der Waals surface area contributed by atoms with Crippen molar-refractivity contribution in [2.45, 2.75) is 26.6 Å². The van der Waals surface area contributed by atoms with Crippen LogP contribution in [0.1, 0.15) is 27.0 Å². The number of amides is 1. The predicted molar refractivity (Wildman–Crippen MR) is 132 cm³/mol. The third kappa shape index (κ3) is 5.03. The van der Waals surface area contributed by atoms with Gasteiger partial charge in [0.05, 0.1) is 25.6 Å². The van der Waals surface area contributed by atoms with Crippen molar-refractivity contribution >= 4 is 16.9 Å². The highest BCUT2D eigenvalue weighted by molar-refractivity contribution is 5.94.